The highest BCUT2D eigenvalue weighted by Gasteiger charge is 2.32. The SMILES string of the molecule is O=C(NCCCC(=O)N(Cc1cccc(F)c1)C1CC1)NC1CCCCC1. The van der Waals surface area contributed by atoms with Crippen LogP contribution in [0.5, 0.6) is 0 Å². The molecule has 0 bridgehead atoms. The number of carbonyl (C=O) groups excluding carboxylic acids is 2. The Kier molecular flexibility index (Phi) is 7.07. The molecule has 2 N–H and O–H groups in total. The molecule has 3 amide bonds. The van der Waals surface area contributed by atoms with Gasteiger partial charge in [-0.15, -0.1) is 0 Å². The van der Waals surface area contributed by atoms with E-state index in [0.717, 1.165) is 31.2 Å². The van der Waals surface area contributed by atoms with Crippen LogP contribution in [-0.4, -0.2) is 35.5 Å². The first-order valence-electron chi connectivity index (χ1n) is 10.2. The number of hydrogen-bond acceptors (Lipinski definition) is 2. The van der Waals surface area contributed by atoms with Crippen molar-refractivity contribution in [3.63, 3.8) is 0 Å². The van der Waals surface area contributed by atoms with Crippen molar-refractivity contribution in [1.29, 1.82) is 0 Å². The van der Waals surface area contributed by atoms with Crippen LogP contribution in [0.1, 0.15) is 63.4 Å². The van der Waals surface area contributed by atoms with Gasteiger partial charge in [-0.2, -0.15) is 0 Å². The maximum absolute atomic E-state index is 13.4. The van der Waals surface area contributed by atoms with Gasteiger partial charge in [0.25, 0.3) is 0 Å². The molecular weight excluding hydrogens is 345 g/mol. The van der Waals surface area contributed by atoms with Crippen molar-refractivity contribution in [3.05, 3.63) is 35.6 Å². The van der Waals surface area contributed by atoms with E-state index in [1.54, 1.807) is 6.07 Å². The van der Waals surface area contributed by atoms with Gasteiger partial charge in [0.1, 0.15) is 5.82 Å². The first-order chi connectivity index (χ1) is 13.1. The fourth-order valence-corrected chi connectivity index (χ4v) is 3.71. The molecule has 0 aliphatic heterocycles. The third kappa shape index (κ3) is 6.52. The van der Waals surface area contributed by atoms with Crippen LogP contribution in [0, 0.1) is 5.82 Å². The molecule has 0 saturated heterocycles. The van der Waals surface area contributed by atoms with Gasteiger partial charge < -0.3 is 15.5 Å². The molecule has 148 valence electrons. The fraction of sp³-hybridized carbons (Fsp3) is 0.619. The average molecular weight is 375 g/mol. The molecule has 6 heteroatoms. The van der Waals surface area contributed by atoms with Crippen LogP contribution in [0.15, 0.2) is 24.3 Å². The van der Waals surface area contributed by atoms with E-state index in [-0.39, 0.29) is 29.8 Å². The highest BCUT2D eigenvalue weighted by Crippen LogP contribution is 2.29. The number of amides is 3. The summed E-state index contributed by atoms with van der Waals surface area (Å²) in [6.07, 6.45) is 8.79. The number of benzene rings is 1. The molecule has 0 unspecified atom stereocenters. The summed E-state index contributed by atoms with van der Waals surface area (Å²) in [5, 5.41) is 5.87. The molecule has 0 atom stereocenters. The molecule has 2 fully saturated rings. The molecule has 0 spiro atoms. The van der Waals surface area contributed by atoms with E-state index in [0.29, 0.717) is 25.9 Å². The molecule has 0 radical (unpaired) electrons. The van der Waals surface area contributed by atoms with Crippen molar-refractivity contribution in [2.45, 2.75) is 76.4 Å². The van der Waals surface area contributed by atoms with E-state index in [1.165, 1.54) is 31.4 Å². The van der Waals surface area contributed by atoms with Crippen LogP contribution >= 0.6 is 0 Å². The van der Waals surface area contributed by atoms with E-state index in [4.69, 9.17) is 0 Å². The Labute approximate surface area is 160 Å². The van der Waals surface area contributed by atoms with Gasteiger partial charge in [0.2, 0.25) is 5.91 Å². The first-order valence-corrected chi connectivity index (χ1v) is 10.2. The van der Waals surface area contributed by atoms with Crippen molar-refractivity contribution < 1.29 is 14.0 Å². The summed E-state index contributed by atoms with van der Waals surface area (Å²) in [6, 6.07) is 6.86. The summed E-state index contributed by atoms with van der Waals surface area (Å²) in [6.45, 7) is 0.944. The Hall–Kier alpha value is -2.11. The molecule has 2 aliphatic carbocycles. The molecule has 1 aromatic rings. The largest absolute Gasteiger partial charge is 0.338 e. The molecule has 2 aliphatic rings. The zero-order chi connectivity index (χ0) is 19.1. The Morgan fingerprint density at radius 3 is 2.59 bits per heavy atom. The van der Waals surface area contributed by atoms with E-state index >= 15 is 0 Å². The summed E-state index contributed by atoms with van der Waals surface area (Å²) in [5.74, 6) is -0.194. The van der Waals surface area contributed by atoms with Crippen molar-refractivity contribution in [3.8, 4) is 0 Å². The van der Waals surface area contributed by atoms with Crippen LogP contribution in [-0.2, 0) is 11.3 Å². The minimum Gasteiger partial charge on any atom is -0.338 e. The lowest BCUT2D eigenvalue weighted by Gasteiger charge is -2.23. The number of hydrogen-bond donors (Lipinski definition) is 2. The molecule has 27 heavy (non-hydrogen) atoms. The normalized spacial score (nSPS) is 17.4. The summed E-state index contributed by atoms with van der Waals surface area (Å²) >= 11 is 0. The predicted molar refractivity (Wildman–Crippen MR) is 103 cm³/mol. The lowest BCUT2D eigenvalue weighted by molar-refractivity contribution is -0.132. The van der Waals surface area contributed by atoms with E-state index < -0.39 is 0 Å². The van der Waals surface area contributed by atoms with Crippen LogP contribution in [0.3, 0.4) is 0 Å². The van der Waals surface area contributed by atoms with Crippen LogP contribution < -0.4 is 10.6 Å². The first kappa shape index (κ1) is 19.6. The second kappa shape index (κ2) is 9.72. The Bertz CT molecular complexity index is 642. The maximum atomic E-state index is 13.4. The van der Waals surface area contributed by atoms with E-state index in [2.05, 4.69) is 10.6 Å². The quantitative estimate of drug-likeness (QED) is 0.680. The second-order valence-corrected chi connectivity index (χ2v) is 7.72. The summed E-state index contributed by atoms with van der Waals surface area (Å²) < 4.78 is 13.4. The topological polar surface area (TPSA) is 61.4 Å². The molecule has 1 aromatic carbocycles. The third-order valence-electron chi connectivity index (χ3n) is 5.34. The molecule has 3 rings (SSSR count). The fourth-order valence-electron chi connectivity index (χ4n) is 3.71. The summed E-state index contributed by atoms with van der Waals surface area (Å²) in [7, 11) is 0. The molecule has 2 saturated carbocycles. The molecule has 0 heterocycles. The van der Waals surface area contributed by atoms with Crippen LogP contribution in [0.25, 0.3) is 0 Å². The smallest absolute Gasteiger partial charge is 0.315 e. The van der Waals surface area contributed by atoms with Gasteiger partial charge in [0.15, 0.2) is 0 Å². The van der Waals surface area contributed by atoms with Crippen molar-refractivity contribution in [1.82, 2.24) is 15.5 Å². The number of urea groups is 1. The Balaban J connectivity index is 1.37. The summed E-state index contributed by atoms with van der Waals surface area (Å²) in [4.78, 5) is 26.4. The van der Waals surface area contributed by atoms with Gasteiger partial charge in [0, 0.05) is 31.6 Å². The van der Waals surface area contributed by atoms with Crippen LogP contribution in [0.4, 0.5) is 9.18 Å². The molecule has 5 nitrogen and oxygen atoms in total. The number of nitrogens with one attached hydrogen (secondary N) is 2. The van der Waals surface area contributed by atoms with Gasteiger partial charge in [-0.3, -0.25) is 4.79 Å². The standard InChI is InChI=1S/C21H30FN3O2/c22-17-7-4-6-16(14-17)15-25(19-11-12-19)20(26)10-5-13-23-21(27)24-18-8-2-1-3-9-18/h4,6-7,14,18-19H,1-3,5,8-13,15H2,(H2,23,24,27). The zero-order valence-corrected chi connectivity index (χ0v) is 15.9. The van der Waals surface area contributed by atoms with Crippen molar-refractivity contribution >= 4 is 11.9 Å². The van der Waals surface area contributed by atoms with E-state index in [1.807, 2.05) is 11.0 Å². The number of halogens is 1. The lowest BCUT2D eigenvalue weighted by Crippen LogP contribution is -2.43. The summed E-state index contributed by atoms with van der Waals surface area (Å²) in [5.41, 5.74) is 0.820. The number of rotatable bonds is 8. The zero-order valence-electron chi connectivity index (χ0n) is 15.9. The maximum Gasteiger partial charge on any atom is 0.315 e. The minimum atomic E-state index is -0.274. The minimum absolute atomic E-state index is 0.0799. The Morgan fingerprint density at radius 1 is 1.11 bits per heavy atom. The number of nitrogens with zero attached hydrogens (tertiary/aromatic N) is 1. The third-order valence-corrected chi connectivity index (χ3v) is 5.34. The molecular formula is C21H30FN3O2. The van der Waals surface area contributed by atoms with Gasteiger partial charge in [0.05, 0.1) is 0 Å². The van der Waals surface area contributed by atoms with Crippen molar-refractivity contribution in [2.24, 2.45) is 0 Å². The Morgan fingerprint density at radius 2 is 1.89 bits per heavy atom. The van der Waals surface area contributed by atoms with Gasteiger partial charge in [-0.05, 0) is 49.8 Å². The van der Waals surface area contributed by atoms with Gasteiger partial charge in [-0.25, -0.2) is 9.18 Å². The monoisotopic (exact) mass is 375 g/mol. The number of carbonyl (C=O) groups is 2. The predicted octanol–water partition coefficient (Wildman–Crippen LogP) is 3.73. The second-order valence-electron chi connectivity index (χ2n) is 7.72. The van der Waals surface area contributed by atoms with Crippen LogP contribution in [0.2, 0.25) is 0 Å². The van der Waals surface area contributed by atoms with E-state index in [9.17, 15) is 14.0 Å². The van der Waals surface area contributed by atoms with Gasteiger partial charge >= 0.3 is 6.03 Å². The average Bonchev–Trinajstić information content (AvgIpc) is 3.49. The lowest BCUT2D eigenvalue weighted by atomic mass is 9.96. The van der Waals surface area contributed by atoms with Gasteiger partial charge in [-0.1, -0.05) is 31.4 Å². The highest BCUT2D eigenvalue weighted by molar-refractivity contribution is 5.77. The highest BCUT2D eigenvalue weighted by atomic mass is 19.1. The molecule has 0 aromatic heterocycles. The van der Waals surface area contributed by atoms with Crippen molar-refractivity contribution in [2.75, 3.05) is 6.54 Å².